The van der Waals surface area contributed by atoms with E-state index in [0.29, 0.717) is 0 Å². The topological polar surface area (TPSA) is 73.8 Å². The van der Waals surface area contributed by atoms with Gasteiger partial charge in [0.1, 0.15) is 6.33 Å². The molecule has 0 saturated heterocycles. The summed E-state index contributed by atoms with van der Waals surface area (Å²) >= 11 is 0. The molecule has 0 atom stereocenters. The van der Waals surface area contributed by atoms with E-state index in [0.717, 1.165) is 29.9 Å². The summed E-state index contributed by atoms with van der Waals surface area (Å²) in [5, 5.41) is 18.7. The van der Waals surface area contributed by atoms with Gasteiger partial charge in [-0.05, 0) is 25.0 Å². The molecule has 18 heavy (non-hydrogen) atoms. The summed E-state index contributed by atoms with van der Waals surface area (Å²) in [7, 11) is 0. The number of non-ortho nitro benzene ring substituents is 1. The minimum atomic E-state index is -0.395. The molecule has 0 saturated carbocycles. The van der Waals surface area contributed by atoms with Crippen molar-refractivity contribution in [2.45, 2.75) is 26.8 Å². The van der Waals surface area contributed by atoms with Crippen LogP contribution in [0.15, 0.2) is 24.5 Å². The third-order valence-corrected chi connectivity index (χ3v) is 2.74. The van der Waals surface area contributed by atoms with Crippen LogP contribution in [-0.4, -0.2) is 19.7 Å². The monoisotopic (exact) mass is 246 g/mol. The zero-order chi connectivity index (χ0) is 13.1. The van der Waals surface area contributed by atoms with Crippen molar-refractivity contribution in [3.8, 4) is 11.4 Å². The Morgan fingerprint density at radius 2 is 2.22 bits per heavy atom. The molecule has 0 aliphatic heterocycles. The first-order chi connectivity index (χ1) is 8.63. The molecule has 94 valence electrons. The van der Waals surface area contributed by atoms with Crippen LogP contribution < -0.4 is 0 Å². The number of benzene rings is 1. The van der Waals surface area contributed by atoms with Crippen molar-refractivity contribution in [1.29, 1.82) is 0 Å². The molecule has 0 aliphatic carbocycles. The maximum Gasteiger partial charge on any atom is 0.269 e. The maximum atomic E-state index is 10.7. The Balaban J connectivity index is 2.44. The van der Waals surface area contributed by atoms with Crippen molar-refractivity contribution in [1.82, 2.24) is 14.8 Å². The smallest absolute Gasteiger partial charge is 0.269 e. The van der Waals surface area contributed by atoms with Gasteiger partial charge in [-0.2, -0.15) is 0 Å². The number of nitro benzene ring substituents is 1. The van der Waals surface area contributed by atoms with E-state index >= 15 is 0 Å². The van der Waals surface area contributed by atoms with Gasteiger partial charge in [0.15, 0.2) is 5.82 Å². The number of rotatable bonds is 4. The lowest BCUT2D eigenvalue weighted by molar-refractivity contribution is -0.384. The number of nitro groups is 1. The minimum absolute atomic E-state index is 0.0952. The fraction of sp³-hybridized carbons (Fsp3) is 0.333. The van der Waals surface area contributed by atoms with E-state index in [4.69, 9.17) is 0 Å². The zero-order valence-corrected chi connectivity index (χ0v) is 10.3. The fourth-order valence-electron chi connectivity index (χ4n) is 1.88. The van der Waals surface area contributed by atoms with Crippen molar-refractivity contribution in [2.75, 3.05) is 0 Å². The van der Waals surface area contributed by atoms with Crippen LogP contribution in [0.4, 0.5) is 5.69 Å². The van der Waals surface area contributed by atoms with Crippen LogP contribution in [0.25, 0.3) is 11.4 Å². The third-order valence-electron chi connectivity index (χ3n) is 2.74. The van der Waals surface area contributed by atoms with Crippen LogP contribution in [0.3, 0.4) is 0 Å². The first-order valence-electron chi connectivity index (χ1n) is 5.76. The molecule has 0 spiro atoms. The summed E-state index contributed by atoms with van der Waals surface area (Å²) in [6.45, 7) is 4.75. The minimum Gasteiger partial charge on any atom is -0.314 e. The Morgan fingerprint density at radius 3 is 2.83 bits per heavy atom. The van der Waals surface area contributed by atoms with E-state index < -0.39 is 4.92 Å². The molecule has 2 aromatic rings. The van der Waals surface area contributed by atoms with Gasteiger partial charge in [0.2, 0.25) is 0 Å². The Hall–Kier alpha value is -2.24. The van der Waals surface area contributed by atoms with E-state index in [1.54, 1.807) is 18.5 Å². The molecule has 0 aliphatic rings. The lowest BCUT2D eigenvalue weighted by Gasteiger charge is -2.07. The van der Waals surface area contributed by atoms with Crippen LogP contribution in [0.1, 0.15) is 18.9 Å². The second-order valence-corrected chi connectivity index (χ2v) is 4.10. The SMILES string of the molecule is CCCn1cnnc1-c1ccc([N+](=O)[O-])cc1C. The van der Waals surface area contributed by atoms with Gasteiger partial charge in [-0.25, -0.2) is 0 Å². The summed E-state index contributed by atoms with van der Waals surface area (Å²) < 4.78 is 1.95. The quantitative estimate of drug-likeness (QED) is 0.613. The molecule has 0 N–H and O–H groups in total. The Morgan fingerprint density at radius 1 is 1.44 bits per heavy atom. The lowest BCUT2D eigenvalue weighted by atomic mass is 10.1. The maximum absolute atomic E-state index is 10.7. The van der Waals surface area contributed by atoms with Gasteiger partial charge in [0, 0.05) is 24.2 Å². The highest BCUT2D eigenvalue weighted by atomic mass is 16.6. The molecule has 6 nitrogen and oxygen atoms in total. The van der Waals surface area contributed by atoms with Gasteiger partial charge in [0.25, 0.3) is 5.69 Å². The average molecular weight is 246 g/mol. The molecule has 0 amide bonds. The summed E-state index contributed by atoms with van der Waals surface area (Å²) in [6.07, 6.45) is 2.66. The van der Waals surface area contributed by atoms with E-state index in [9.17, 15) is 10.1 Å². The molecular formula is C12H14N4O2. The van der Waals surface area contributed by atoms with Gasteiger partial charge < -0.3 is 4.57 Å². The number of aromatic nitrogens is 3. The first-order valence-corrected chi connectivity index (χ1v) is 5.76. The second-order valence-electron chi connectivity index (χ2n) is 4.10. The first kappa shape index (κ1) is 12.2. The third kappa shape index (κ3) is 2.22. The number of hydrogen-bond donors (Lipinski definition) is 0. The Labute approximate surface area is 104 Å². The van der Waals surface area contributed by atoms with Crippen LogP contribution >= 0.6 is 0 Å². The van der Waals surface area contributed by atoms with E-state index in [2.05, 4.69) is 17.1 Å². The Kier molecular flexibility index (Phi) is 3.36. The molecule has 0 fully saturated rings. The Bertz CT molecular complexity index is 577. The van der Waals surface area contributed by atoms with Gasteiger partial charge in [-0.3, -0.25) is 10.1 Å². The van der Waals surface area contributed by atoms with Crippen molar-refractivity contribution in [3.63, 3.8) is 0 Å². The predicted octanol–water partition coefficient (Wildman–Crippen LogP) is 2.57. The fourth-order valence-corrected chi connectivity index (χ4v) is 1.88. The van der Waals surface area contributed by atoms with Crippen molar-refractivity contribution < 1.29 is 4.92 Å². The summed E-state index contributed by atoms with van der Waals surface area (Å²) in [5.74, 6) is 0.754. The highest BCUT2D eigenvalue weighted by molar-refractivity contribution is 5.62. The largest absolute Gasteiger partial charge is 0.314 e. The van der Waals surface area contributed by atoms with Crippen molar-refractivity contribution in [2.24, 2.45) is 0 Å². The summed E-state index contributed by atoms with van der Waals surface area (Å²) in [6, 6.07) is 4.78. The number of nitrogens with zero attached hydrogens (tertiary/aromatic N) is 4. The van der Waals surface area contributed by atoms with E-state index in [1.807, 2.05) is 11.5 Å². The van der Waals surface area contributed by atoms with Crippen LogP contribution in [0.5, 0.6) is 0 Å². The second kappa shape index (κ2) is 4.95. The van der Waals surface area contributed by atoms with Crippen molar-refractivity contribution in [3.05, 3.63) is 40.2 Å². The van der Waals surface area contributed by atoms with Crippen molar-refractivity contribution >= 4 is 5.69 Å². The normalized spacial score (nSPS) is 10.6. The zero-order valence-electron chi connectivity index (χ0n) is 10.3. The highest BCUT2D eigenvalue weighted by Gasteiger charge is 2.13. The molecule has 0 radical (unpaired) electrons. The van der Waals surface area contributed by atoms with E-state index in [-0.39, 0.29) is 5.69 Å². The van der Waals surface area contributed by atoms with Crippen LogP contribution in [0, 0.1) is 17.0 Å². The number of aryl methyl sites for hydroxylation is 2. The molecule has 1 heterocycles. The summed E-state index contributed by atoms with van der Waals surface area (Å²) in [5.41, 5.74) is 1.80. The molecular weight excluding hydrogens is 232 g/mol. The van der Waals surface area contributed by atoms with E-state index in [1.165, 1.54) is 6.07 Å². The molecule has 6 heteroatoms. The van der Waals surface area contributed by atoms with Crippen LogP contribution in [0.2, 0.25) is 0 Å². The highest BCUT2D eigenvalue weighted by Crippen LogP contribution is 2.25. The number of hydrogen-bond acceptors (Lipinski definition) is 4. The standard InChI is InChI=1S/C12H14N4O2/c1-3-6-15-8-13-14-12(15)11-5-4-10(16(17)18)7-9(11)2/h4-5,7-8H,3,6H2,1-2H3. The average Bonchev–Trinajstić information content (AvgIpc) is 2.77. The van der Waals surface area contributed by atoms with Gasteiger partial charge in [-0.1, -0.05) is 6.92 Å². The lowest BCUT2D eigenvalue weighted by Crippen LogP contribution is -2.00. The predicted molar refractivity (Wildman–Crippen MR) is 67.1 cm³/mol. The molecule has 0 bridgehead atoms. The molecule has 2 rings (SSSR count). The van der Waals surface area contributed by atoms with Gasteiger partial charge in [-0.15, -0.1) is 10.2 Å². The molecule has 0 unspecified atom stereocenters. The summed E-state index contributed by atoms with van der Waals surface area (Å²) in [4.78, 5) is 10.3. The molecule has 1 aromatic carbocycles. The van der Waals surface area contributed by atoms with Crippen LogP contribution in [-0.2, 0) is 6.54 Å². The molecule has 1 aromatic heterocycles. The van der Waals surface area contributed by atoms with Gasteiger partial charge in [0.05, 0.1) is 4.92 Å². The van der Waals surface area contributed by atoms with Gasteiger partial charge >= 0.3 is 0 Å².